The van der Waals surface area contributed by atoms with Crippen molar-refractivity contribution in [2.75, 3.05) is 30.4 Å². The molecule has 150 valence electrons. The van der Waals surface area contributed by atoms with Gasteiger partial charge >= 0.3 is 0 Å². The molecule has 0 saturated carbocycles. The Morgan fingerprint density at radius 3 is 2.50 bits per heavy atom. The second-order valence-corrected chi connectivity index (χ2v) is 8.11. The zero-order valence-corrected chi connectivity index (χ0v) is 17.8. The number of hydrogen-bond donors (Lipinski definition) is 2. The molecule has 1 aromatic heterocycles. The molecule has 1 saturated heterocycles. The van der Waals surface area contributed by atoms with Crippen LogP contribution in [0.2, 0.25) is 0 Å². The van der Waals surface area contributed by atoms with Crippen LogP contribution in [0.5, 0.6) is 5.75 Å². The normalized spacial score (nSPS) is 19.2. The summed E-state index contributed by atoms with van der Waals surface area (Å²) < 4.78 is 5.18. The van der Waals surface area contributed by atoms with Gasteiger partial charge < -0.3 is 20.3 Å². The molecule has 0 spiro atoms. The minimum atomic E-state index is 0.507. The highest BCUT2D eigenvalue weighted by Gasteiger charge is 2.23. The molecule has 1 aliphatic rings. The van der Waals surface area contributed by atoms with Gasteiger partial charge in [-0.25, -0.2) is 4.98 Å². The fourth-order valence-electron chi connectivity index (χ4n) is 3.69. The number of hydrogen-bond acceptors (Lipinski definition) is 5. The molecule has 28 heavy (non-hydrogen) atoms. The highest BCUT2D eigenvalue weighted by Crippen LogP contribution is 2.26. The van der Waals surface area contributed by atoms with Gasteiger partial charge in [-0.1, -0.05) is 26.0 Å². The van der Waals surface area contributed by atoms with Gasteiger partial charge in [0.2, 0.25) is 5.95 Å². The zero-order chi connectivity index (χ0) is 20.1. The number of ether oxygens (including phenoxy) is 1. The number of piperidine rings is 1. The number of benzene rings is 1. The van der Waals surface area contributed by atoms with Crippen molar-refractivity contribution in [2.24, 2.45) is 11.8 Å². The standard InChI is InChI=1S/C21H29N5OS/c1-14-9-15(2)13-26(12-14)19-10-16(3)23-20(24-19)25-21(28)22-11-17-5-7-18(27-4)8-6-17/h5-8,10,14-15H,9,11-13H2,1-4H3,(H2,22,23,24,25,28)/t14-,15+. The molecule has 1 fully saturated rings. The average Bonchev–Trinajstić information content (AvgIpc) is 2.65. The van der Waals surface area contributed by atoms with E-state index >= 15 is 0 Å². The first-order chi connectivity index (χ1) is 13.4. The van der Waals surface area contributed by atoms with E-state index in [2.05, 4.69) is 34.4 Å². The summed E-state index contributed by atoms with van der Waals surface area (Å²) in [6.45, 7) is 9.26. The summed E-state index contributed by atoms with van der Waals surface area (Å²) in [5.74, 6) is 3.68. The Bertz CT molecular complexity index is 801. The molecular formula is C21H29N5OS. The van der Waals surface area contributed by atoms with Crippen molar-refractivity contribution >= 4 is 29.1 Å². The van der Waals surface area contributed by atoms with Gasteiger partial charge in [-0.3, -0.25) is 0 Å². The summed E-state index contributed by atoms with van der Waals surface area (Å²) >= 11 is 5.42. The van der Waals surface area contributed by atoms with Crippen molar-refractivity contribution in [1.82, 2.24) is 15.3 Å². The molecule has 0 bridgehead atoms. The number of methoxy groups -OCH3 is 1. The summed E-state index contributed by atoms with van der Waals surface area (Å²) in [6.07, 6.45) is 1.27. The van der Waals surface area contributed by atoms with Gasteiger partial charge in [-0.2, -0.15) is 4.98 Å². The van der Waals surface area contributed by atoms with Crippen LogP contribution in [0.4, 0.5) is 11.8 Å². The second-order valence-electron chi connectivity index (χ2n) is 7.70. The number of aryl methyl sites for hydroxylation is 1. The van der Waals surface area contributed by atoms with Crippen LogP contribution in [0.25, 0.3) is 0 Å². The van der Waals surface area contributed by atoms with Crippen molar-refractivity contribution in [3.8, 4) is 5.75 Å². The molecule has 2 atom stereocenters. The first-order valence-electron chi connectivity index (χ1n) is 9.71. The summed E-state index contributed by atoms with van der Waals surface area (Å²) in [5.41, 5.74) is 2.04. The molecule has 1 aromatic carbocycles. The Morgan fingerprint density at radius 1 is 1.18 bits per heavy atom. The number of anilines is 2. The number of nitrogens with one attached hydrogen (secondary N) is 2. The predicted octanol–water partition coefficient (Wildman–Crippen LogP) is 3.76. The van der Waals surface area contributed by atoms with Gasteiger partial charge in [0.1, 0.15) is 11.6 Å². The molecule has 0 radical (unpaired) electrons. The summed E-state index contributed by atoms with van der Waals surface area (Å²) in [5, 5.41) is 6.83. The quantitative estimate of drug-likeness (QED) is 0.742. The molecule has 0 aliphatic carbocycles. The van der Waals surface area contributed by atoms with Crippen LogP contribution >= 0.6 is 12.2 Å². The van der Waals surface area contributed by atoms with E-state index < -0.39 is 0 Å². The van der Waals surface area contributed by atoms with Crippen LogP contribution in [-0.2, 0) is 6.54 Å². The van der Waals surface area contributed by atoms with Crippen LogP contribution in [0.15, 0.2) is 30.3 Å². The Labute approximate surface area is 172 Å². The van der Waals surface area contributed by atoms with Crippen molar-refractivity contribution < 1.29 is 4.74 Å². The SMILES string of the molecule is COc1ccc(CNC(=S)Nc2nc(C)cc(N3C[C@H](C)C[C@H](C)C3)n2)cc1. The van der Waals surface area contributed by atoms with Crippen molar-refractivity contribution in [3.63, 3.8) is 0 Å². The molecule has 2 heterocycles. The molecule has 0 unspecified atom stereocenters. The Kier molecular flexibility index (Phi) is 6.67. The maximum absolute atomic E-state index is 5.42. The largest absolute Gasteiger partial charge is 0.497 e. The monoisotopic (exact) mass is 399 g/mol. The lowest BCUT2D eigenvalue weighted by atomic mass is 9.92. The van der Waals surface area contributed by atoms with E-state index in [0.29, 0.717) is 29.4 Å². The van der Waals surface area contributed by atoms with Crippen molar-refractivity contribution in [2.45, 2.75) is 33.7 Å². The lowest BCUT2D eigenvalue weighted by Crippen LogP contribution is -2.39. The zero-order valence-electron chi connectivity index (χ0n) is 17.0. The second kappa shape index (κ2) is 9.19. The predicted molar refractivity (Wildman–Crippen MR) is 118 cm³/mol. The molecule has 2 aromatic rings. The van der Waals surface area contributed by atoms with Crippen molar-refractivity contribution in [3.05, 3.63) is 41.6 Å². The lowest BCUT2D eigenvalue weighted by molar-refractivity contribution is 0.355. The lowest BCUT2D eigenvalue weighted by Gasteiger charge is -2.36. The molecule has 7 heteroatoms. The first-order valence-corrected chi connectivity index (χ1v) is 10.1. The third kappa shape index (κ3) is 5.55. The van der Waals surface area contributed by atoms with E-state index in [4.69, 9.17) is 21.9 Å². The number of aromatic nitrogens is 2. The summed E-state index contributed by atoms with van der Waals surface area (Å²) in [4.78, 5) is 11.5. The van der Waals surface area contributed by atoms with Gasteiger partial charge in [-0.05, 0) is 55.1 Å². The van der Waals surface area contributed by atoms with E-state index in [-0.39, 0.29) is 0 Å². The number of thiocarbonyl (C=S) groups is 1. The molecule has 2 N–H and O–H groups in total. The van der Waals surface area contributed by atoms with Gasteiger partial charge in [0.15, 0.2) is 5.11 Å². The fourth-order valence-corrected chi connectivity index (χ4v) is 3.85. The van der Waals surface area contributed by atoms with Crippen LogP contribution in [0, 0.1) is 18.8 Å². The molecule has 1 aliphatic heterocycles. The molecular weight excluding hydrogens is 370 g/mol. The fraction of sp³-hybridized carbons (Fsp3) is 0.476. The van der Waals surface area contributed by atoms with Crippen LogP contribution < -0.4 is 20.3 Å². The van der Waals surface area contributed by atoms with Crippen LogP contribution in [0.1, 0.15) is 31.5 Å². The highest BCUT2D eigenvalue weighted by atomic mass is 32.1. The first kappa shape index (κ1) is 20.3. The minimum absolute atomic E-state index is 0.507. The Hall–Kier alpha value is -2.41. The maximum atomic E-state index is 5.42. The van der Waals surface area contributed by atoms with Crippen LogP contribution in [0.3, 0.4) is 0 Å². The van der Waals surface area contributed by atoms with Gasteiger partial charge in [0, 0.05) is 31.4 Å². The Balaban J connectivity index is 1.61. The number of nitrogens with zero attached hydrogens (tertiary/aromatic N) is 3. The molecule has 3 rings (SSSR count). The van der Waals surface area contributed by atoms with E-state index in [9.17, 15) is 0 Å². The van der Waals surface area contributed by atoms with E-state index in [1.54, 1.807) is 7.11 Å². The topological polar surface area (TPSA) is 62.3 Å². The third-order valence-electron chi connectivity index (χ3n) is 4.87. The van der Waals surface area contributed by atoms with Crippen molar-refractivity contribution in [1.29, 1.82) is 0 Å². The summed E-state index contributed by atoms with van der Waals surface area (Å²) in [7, 11) is 1.66. The summed E-state index contributed by atoms with van der Waals surface area (Å²) in [6, 6.07) is 9.93. The number of rotatable bonds is 5. The van der Waals surface area contributed by atoms with Gasteiger partial charge in [-0.15, -0.1) is 0 Å². The van der Waals surface area contributed by atoms with E-state index in [1.165, 1.54) is 6.42 Å². The maximum Gasteiger partial charge on any atom is 0.231 e. The molecule has 6 nitrogen and oxygen atoms in total. The highest BCUT2D eigenvalue weighted by molar-refractivity contribution is 7.80. The van der Waals surface area contributed by atoms with E-state index in [1.807, 2.05) is 37.3 Å². The van der Waals surface area contributed by atoms with Crippen LogP contribution in [-0.4, -0.2) is 35.3 Å². The smallest absolute Gasteiger partial charge is 0.231 e. The van der Waals surface area contributed by atoms with Gasteiger partial charge in [0.25, 0.3) is 0 Å². The third-order valence-corrected chi connectivity index (χ3v) is 5.12. The van der Waals surface area contributed by atoms with Gasteiger partial charge in [0.05, 0.1) is 7.11 Å². The minimum Gasteiger partial charge on any atom is -0.497 e. The Morgan fingerprint density at radius 2 is 1.86 bits per heavy atom. The average molecular weight is 400 g/mol. The molecule has 0 amide bonds. The van der Waals surface area contributed by atoms with E-state index in [0.717, 1.165) is 35.9 Å².